The van der Waals surface area contributed by atoms with Crippen molar-refractivity contribution in [1.29, 1.82) is 0 Å². The molecule has 0 bridgehead atoms. The van der Waals surface area contributed by atoms with E-state index in [0.29, 0.717) is 18.2 Å². The smallest absolute Gasteiger partial charge is 0.220 e. The summed E-state index contributed by atoms with van der Waals surface area (Å²) in [5.74, 6) is -6.78. The Labute approximate surface area is 99.1 Å². The lowest BCUT2D eigenvalue weighted by molar-refractivity contribution is 0.314. The predicted octanol–water partition coefficient (Wildman–Crippen LogP) is 4.18. The fraction of sp³-hybridized carbons (Fsp3) is 0. The molecule has 2 nitrogen and oxygen atoms in total. The molecule has 1 radical (unpaired) electrons. The zero-order valence-corrected chi connectivity index (χ0v) is 8.72. The Kier molecular flexibility index (Phi) is 3.10. The maximum atomic E-state index is 13.3. The van der Waals surface area contributed by atoms with Gasteiger partial charge in [0.05, 0.1) is 0 Å². The van der Waals surface area contributed by atoms with Gasteiger partial charge in [0.15, 0.2) is 17.3 Å². The van der Waals surface area contributed by atoms with E-state index in [1.807, 2.05) is 0 Å². The molecule has 0 atom stereocenters. The average Bonchev–Trinajstić information content (AvgIpc) is 2.29. The first-order chi connectivity index (χ1) is 8.47. The van der Waals surface area contributed by atoms with E-state index < -0.39 is 40.5 Å². The first kappa shape index (κ1) is 12.2. The molecule has 93 valence electrons. The first-order valence-corrected chi connectivity index (χ1v) is 4.76. The third kappa shape index (κ3) is 2.37. The lowest BCUT2D eigenvalue weighted by Gasteiger charge is -2.08. The average molecular weight is 257 g/mol. The molecule has 0 aliphatic carbocycles. The SMILES string of the molecule is [O]c1cc(F)cc(Oc2ccc(F)cc2F)c1F. The van der Waals surface area contributed by atoms with E-state index in [9.17, 15) is 22.7 Å². The molecule has 0 saturated carbocycles. The highest BCUT2D eigenvalue weighted by Crippen LogP contribution is 2.32. The molecule has 0 spiro atoms. The van der Waals surface area contributed by atoms with Crippen molar-refractivity contribution in [2.75, 3.05) is 0 Å². The molecule has 6 heteroatoms. The van der Waals surface area contributed by atoms with Gasteiger partial charge in [0.2, 0.25) is 11.6 Å². The summed E-state index contributed by atoms with van der Waals surface area (Å²) in [5.41, 5.74) is 0. The Hall–Kier alpha value is -2.24. The van der Waals surface area contributed by atoms with E-state index in [1.54, 1.807) is 0 Å². The van der Waals surface area contributed by atoms with Crippen molar-refractivity contribution < 1.29 is 27.4 Å². The summed E-state index contributed by atoms with van der Waals surface area (Å²) >= 11 is 0. The highest BCUT2D eigenvalue weighted by atomic mass is 19.1. The molecule has 0 aliphatic heterocycles. The summed E-state index contributed by atoms with van der Waals surface area (Å²) in [6.07, 6.45) is 0. The Bertz CT molecular complexity index is 599. The molecular weight excluding hydrogens is 252 g/mol. The normalized spacial score (nSPS) is 10.4. The molecule has 0 aromatic heterocycles. The summed E-state index contributed by atoms with van der Waals surface area (Å²) in [7, 11) is 0. The van der Waals surface area contributed by atoms with E-state index >= 15 is 0 Å². The van der Waals surface area contributed by atoms with Crippen molar-refractivity contribution in [3.8, 4) is 17.2 Å². The van der Waals surface area contributed by atoms with Crippen LogP contribution in [0.2, 0.25) is 0 Å². The highest BCUT2D eigenvalue weighted by Gasteiger charge is 2.15. The van der Waals surface area contributed by atoms with Gasteiger partial charge in [-0.3, -0.25) is 5.11 Å². The van der Waals surface area contributed by atoms with Gasteiger partial charge in [0, 0.05) is 18.2 Å². The largest absolute Gasteiger partial charge is 0.451 e. The van der Waals surface area contributed by atoms with Crippen LogP contribution in [0.25, 0.3) is 0 Å². The first-order valence-electron chi connectivity index (χ1n) is 4.76. The van der Waals surface area contributed by atoms with Gasteiger partial charge in [0.1, 0.15) is 11.6 Å². The van der Waals surface area contributed by atoms with Crippen LogP contribution < -0.4 is 4.74 Å². The number of hydrogen-bond acceptors (Lipinski definition) is 1. The van der Waals surface area contributed by atoms with Crippen LogP contribution in [-0.2, 0) is 5.11 Å². The van der Waals surface area contributed by atoms with Gasteiger partial charge in [-0.25, -0.2) is 13.2 Å². The molecule has 0 saturated heterocycles. The van der Waals surface area contributed by atoms with Crippen LogP contribution in [0.1, 0.15) is 0 Å². The summed E-state index contributed by atoms with van der Waals surface area (Å²) < 4.78 is 56.7. The van der Waals surface area contributed by atoms with Crippen molar-refractivity contribution in [2.45, 2.75) is 0 Å². The molecule has 2 aromatic carbocycles. The van der Waals surface area contributed by atoms with Crippen molar-refractivity contribution >= 4 is 0 Å². The maximum absolute atomic E-state index is 13.3. The molecule has 0 unspecified atom stereocenters. The number of ether oxygens (including phenoxy) is 1. The summed E-state index contributed by atoms with van der Waals surface area (Å²) in [6, 6.07) is 3.33. The lowest BCUT2D eigenvalue weighted by atomic mass is 10.3. The molecule has 0 aliphatic rings. The molecule has 0 fully saturated rings. The molecule has 18 heavy (non-hydrogen) atoms. The van der Waals surface area contributed by atoms with E-state index in [2.05, 4.69) is 0 Å². The fourth-order valence-corrected chi connectivity index (χ4v) is 1.29. The van der Waals surface area contributed by atoms with Gasteiger partial charge >= 0.3 is 0 Å². The molecule has 2 rings (SSSR count). The van der Waals surface area contributed by atoms with E-state index in [1.165, 1.54) is 0 Å². The standard InChI is InChI=1S/C12H5F4O2/c13-6-1-2-10(8(15)3-6)18-11-5-7(14)4-9(17)12(11)16/h1-5H. The minimum Gasteiger partial charge on any atom is -0.451 e. The van der Waals surface area contributed by atoms with Crippen LogP contribution in [0.3, 0.4) is 0 Å². The molecular formula is C12H5F4O2. The summed E-state index contributed by atoms with van der Waals surface area (Å²) in [5, 5.41) is 10.9. The quantitative estimate of drug-likeness (QED) is 0.742. The molecule has 0 N–H and O–H groups in total. The maximum Gasteiger partial charge on any atom is 0.220 e. The monoisotopic (exact) mass is 257 g/mol. The number of rotatable bonds is 2. The molecule has 0 amide bonds. The Balaban J connectivity index is 2.40. The Morgan fingerprint density at radius 1 is 0.833 bits per heavy atom. The lowest BCUT2D eigenvalue weighted by Crippen LogP contribution is -1.93. The van der Waals surface area contributed by atoms with Gasteiger partial charge in [-0.15, -0.1) is 0 Å². The minimum atomic E-state index is -1.35. The van der Waals surface area contributed by atoms with E-state index in [0.717, 1.165) is 12.1 Å². The zero-order valence-electron chi connectivity index (χ0n) is 8.72. The van der Waals surface area contributed by atoms with E-state index in [-0.39, 0.29) is 0 Å². The van der Waals surface area contributed by atoms with Crippen LogP contribution >= 0.6 is 0 Å². The van der Waals surface area contributed by atoms with E-state index in [4.69, 9.17) is 4.74 Å². The highest BCUT2D eigenvalue weighted by molar-refractivity contribution is 5.39. The topological polar surface area (TPSA) is 29.1 Å². The summed E-state index contributed by atoms with van der Waals surface area (Å²) in [4.78, 5) is 0. The summed E-state index contributed by atoms with van der Waals surface area (Å²) in [6.45, 7) is 0. The Morgan fingerprint density at radius 2 is 1.56 bits per heavy atom. The van der Waals surface area contributed by atoms with Crippen molar-refractivity contribution in [3.63, 3.8) is 0 Å². The third-order valence-electron chi connectivity index (χ3n) is 2.08. The minimum absolute atomic E-state index is 0.434. The van der Waals surface area contributed by atoms with Crippen LogP contribution in [-0.4, -0.2) is 0 Å². The van der Waals surface area contributed by atoms with Crippen LogP contribution in [0.15, 0.2) is 30.3 Å². The van der Waals surface area contributed by atoms with Gasteiger partial charge in [-0.2, -0.15) is 4.39 Å². The van der Waals surface area contributed by atoms with Gasteiger partial charge < -0.3 is 4.74 Å². The van der Waals surface area contributed by atoms with Gasteiger partial charge in [-0.05, 0) is 12.1 Å². The second-order valence-electron chi connectivity index (χ2n) is 3.39. The second kappa shape index (κ2) is 4.56. The number of benzene rings is 2. The molecule has 0 heterocycles. The van der Waals surface area contributed by atoms with Crippen LogP contribution in [0.5, 0.6) is 17.2 Å². The van der Waals surface area contributed by atoms with Gasteiger partial charge in [-0.1, -0.05) is 0 Å². The number of halogens is 4. The van der Waals surface area contributed by atoms with Gasteiger partial charge in [0.25, 0.3) is 0 Å². The fourth-order valence-electron chi connectivity index (χ4n) is 1.29. The third-order valence-corrected chi connectivity index (χ3v) is 2.08. The molecule has 2 aromatic rings. The van der Waals surface area contributed by atoms with Crippen molar-refractivity contribution in [2.24, 2.45) is 0 Å². The van der Waals surface area contributed by atoms with Crippen molar-refractivity contribution in [1.82, 2.24) is 0 Å². The van der Waals surface area contributed by atoms with Crippen LogP contribution in [0, 0.1) is 23.3 Å². The number of hydrogen-bond donors (Lipinski definition) is 0. The zero-order chi connectivity index (χ0) is 13.3. The second-order valence-corrected chi connectivity index (χ2v) is 3.39. The predicted molar refractivity (Wildman–Crippen MR) is 52.9 cm³/mol. The Morgan fingerprint density at radius 3 is 2.22 bits per heavy atom. The van der Waals surface area contributed by atoms with Crippen molar-refractivity contribution in [3.05, 3.63) is 53.6 Å². The van der Waals surface area contributed by atoms with Crippen LogP contribution in [0.4, 0.5) is 17.6 Å².